The summed E-state index contributed by atoms with van der Waals surface area (Å²) in [5.41, 5.74) is 18.3. The van der Waals surface area contributed by atoms with Gasteiger partial charge in [-0.05, 0) is 116 Å². The van der Waals surface area contributed by atoms with Crippen molar-refractivity contribution < 1.29 is 0 Å². The maximum Gasteiger partial charge on any atom is 0.0621 e. The second-order valence-electron chi connectivity index (χ2n) is 20.6. The van der Waals surface area contributed by atoms with Crippen LogP contribution in [-0.4, -0.2) is 16.1 Å². The van der Waals surface area contributed by atoms with Gasteiger partial charge in [0.2, 0.25) is 0 Å². The molecule has 11 rings (SSSR count). The van der Waals surface area contributed by atoms with Gasteiger partial charge < -0.3 is 9.80 Å². The van der Waals surface area contributed by atoms with Crippen LogP contribution in [0.4, 0.5) is 34.1 Å². The van der Waals surface area contributed by atoms with Crippen molar-refractivity contribution in [3.8, 4) is 22.3 Å². The smallest absolute Gasteiger partial charge is 0.0621 e. The third-order valence-electron chi connectivity index (χ3n) is 14.7. The molecule has 2 aliphatic carbocycles. The zero-order chi connectivity index (χ0) is 44.2. The normalized spacial score (nSPS) is 14.5. The quantitative estimate of drug-likeness (QED) is 0.140. The molecule has 2 aliphatic rings. The van der Waals surface area contributed by atoms with Crippen LogP contribution in [0.5, 0.6) is 0 Å². The van der Waals surface area contributed by atoms with Crippen molar-refractivity contribution in [1.82, 2.24) is 0 Å². The first-order valence-electron chi connectivity index (χ1n) is 22.9. The number of nitrogens with zero attached hydrogens (tertiary/aromatic N) is 2. The summed E-state index contributed by atoms with van der Waals surface area (Å²) in [6.45, 7) is 20.7. The summed E-state index contributed by atoms with van der Waals surface area (Å²) in [5, 5.41) is 5.24. The molecule has 0 aliphatic heterocycles. The number of hydrogen-bond donors (Lipinski definition) is 0. The monoisotopic (exact) mass is 860 g/mol. The lowest BCUT2D eigenvalue weighted by molar-refractivity contribution is 0.660. The second kappa shape index (κ2) is 14.5. The Morgan fingerprint density at radius 1 is 0.359 bits per heavy atom. The largest absolute Gasteiger partial charge is 0.310 e. The Morgan fingerprint density at radius 2 is 0.859 bits per heavy atom. The highest BCUT2D eigenvalue weighted by Gasteiger charge is 2.60. The molecule has 0 unspecified atom stereocenters. The average Bonchev–Trinajstić information content (AvgIpc) is 3.74. The molecule has 0 bridgehead atoms. The van der Waals surface area contributed by atoms with Gasteiger partial charge in [-0.3, -0.25) is 0 Å². The topological polar surface area (TPSA) is 6.48 Å². The van der Waals surface area contributed by atoms with Crippen molar-refractivity contribution in [3.63, 3.8) is 0 Å². The summed E-state index contributed by atoms with van der Waals surface area (Å²) in [5.74, 6) is 0. The number of benzene rings is 9. The fraction of sp³-hybridized carbons (Fsp3) is 0.167. The molecule has 0 N–H and O–H groups in total. The maximum atomic E-state index is 2.65. The van der Waals surface area contributed by atoms with Crippen molar-refractivity contribution in [2.75, 3.05) is 9.80 Å². The predicted octanol–water partition coefficient (Wildman–Crippen LogP) is 17.3. The zero-order valence-electron chi connectivity index (χ0n) is 38.4. The molecule has 2 nitrogen and oxygen atoms in total. The Kier molecular flexibility index (Phi) is 9.15. The predicted molar refractivity (Wildman–Crippen MR) is 281 cm³/mol. The van der Waals surface area contributed by atoms with Gasteiger partial charge >= 0.3 is 0 Å². The zero-order valence-corrected chi connectivity index (χ0v) is 40.4. The third kappa shape index (κ3) is 5.81. The molecular formula is C60H56N2Si2. The van der Waals surface area contributed by atoms with Crippen molar-refractivity contribution in [1.29, 1.82) is 0 Å². The Bertz CT molecular complexity index is 3220. The first-order valence-corrected chi connectivity index (χ1v) is 29.9. The second-order valence-corrected chi connectivity index (χ2v) is 31.6. The van der Waals surface area contributed by atoms with Gasteiger partial charge in [0.05, 0.1) is 21.8 Å². The standard InChI is InChI=1S/C60H56N2Si2/c1-59(2)53-31-21-20-30-50(53)51-37-34-47(40-54(51)59)62(45-27-16-11-17-28-45)58-49-29-19-18-22-41(49)39-55-56(58)52-35-32-42-38-46(61(43-23-12-9-13-24-43)44-25-14-10-15-26-44)33-36-48(42)57(52)60(55,63(3,4)5)64(6,7)8/h9-40H,1-8H3. The minimum absolute atomic E-state index is 0.104. The summed E-state index contributed by atoms with van der Waals surface area (Å²) in [6, 6.07) is 73.0. The van der Waals surface area contributed by atoms with E-state index in [1.54, 1.807) is 5.56 Å². The van der Waals surface area contributed by atoms with Gasteiger partial charge in [-0.15, -0.1) is 0 Å². The van der Waals surface area contributed by atoms with E-state index in [0.717, 1.165) is 17.1 Å². The Labute approximate surface area is 381 Å². The van der Waals surface area contributed by atoms with Crippen LogP contribution < -0.4 is 9.80 Å². The summed E-state index contributed by atoms with van der Waals surface area (Å²) in [7, 11) is -4.22. The fourth-order valence-electron chi connectivity index (χ4n) is 12.4. The average molecular weight is 861 g/mol. The first-order chi connectivity index (χ1) is 30.8. The molecule has 0 heterocycles. The SMILES string of the molecule is CC1(C)c2ccccc2-c2ccc(N(c3ccccc3)c3c4c(cc5ccccc35)C([Si](C)(C)C)([Si](C)(C)C)c3c-4ccc4cc(N(c5ccccc5)c5ccccc5)ccc34)cc21. The van der Waals surface area contributed by atoms with Crippen LogP contribution in [0.25, 0.3) is 43.8 Å². The van der Waals surface area contributed by atoms with Gasteiger partial charge in [0, 0.05) is 49.5 Å². The van der Waals surface area contributed by atoms with Crippen LogP contribution in [0.2, 0.25) is 39.3 Å². The summed E-state index contributed by atoms with van der Waals surface area (Å²) >= 11 is 0. The summed E-state index contributed by atoms with van der Waals surface area (Å²) in [4.78, 5) is 5.00. The minimum atomic E-state index is -2.11. The van der Waals surface area contributed by atoms with Crippen molar-refractivity contribution >= 4 is 71.8 Å². The van der Waals surface area contributed by atoms with Gasteiger partial charge in [-0.25, -0.2) is 0 Å². The minimum Gasteiger partial charge on any atom is -0.310 e. The molecule has 0 atom stereocenters. The lowest BCUT2D eigenvalue weighted by Gasteiger charge is -2.51. The third-order valence-corrected chi connectivity index (χ3v) is 24.7. The van der Waals surface area contributed by atoms with E-state index >= 15 is 0 Å². The van der Waals surface area contributed by atoms with Crippen LogP contribution in [0.1, 0.15) is 36.1 Å². The molecule has 64 heavy (non-hydrogen) atoms. The number of anilines is 6. The van der Waals surface area contributed by atoms with Gasteiger partial charge in [0.1, 0.15) is 0 Å². The number of fused-ring (bicyclic) bond motifs is 9. The number of rotatable bonds is 8. The van der Waals surface area contributed by atoms with Gasteiger partial charge in [-0.1, -0.05) is 187 Å². The molecule has 0 fully saturated rings. The summed E-state index contributed by atoms with van der Waals surface area (Å²) < 4.78 is -0.104. The van der Waals surface area contributed by atoms with Crippen molar-refractivity contribution in [2.45, 2.75) is 63.2 Å². The van der Waals surface area contributed by atoms with Gasteiger partial charge in [-0.2, -0.15) is 0 Å². The molecule has 314 valence electrons. The molecule has 0 saturated heterocycles. The van der Waals surface area contributed by atoms with E-state index in [-0.39, 0.29) is 10.1 Å². The van der Waals surface area contributed by atoms with Gasteiger partial charge in [0.25, 0.3) is 0 Å². The van der Waals surface area contributed by atoms with Gasteiger partial charge in [0.15, 0.2) is 0 Å². The molecule has 0 radical (unpaired) electrons. The van der Waals surface area contributed by atoms with Crippen molar-refractivity contribution in [3.05, 3.63) is 216 Å². The molecule has 0 aromatic heterocycles. The molecule has 0 saturated carbocycles. The molecular weight excluding hydrogens is 805 g/mol. The Hall–Kier alpha value is -6.47. The van der Waals surface area contributed by atoms with E-state index in [4.69, 9.17) is 0 Å². The number of hydrogen-bond acceptors (Lipinski definition) is 2. The van der Waals surface area contributed by atoms with Crippen LogP contribution in [0.15, 0.2) is 194 Å². The fourth-order valence-corrected chi connectivity index (χ4v) is 25.5. The van der Waals surface area contributed by atoms with Crippen LogP contribution in [-0.2, 0) is 10.1 Å². The Balaban J connectivity index is 1.23. The highest BCUT2D eigenvalue weighted by Crippen LogP contribution is 2.64. The van der Waals surface area contributed by atoms with E-state index in [2.05, 4.69) is 257 Å². The first kappa shape index (κ1) is 40.3. The van der Waals surface area contributed by atoms with Crippen LogP contribution in [0, 0.1) is 0 Å². The van der Waals surface area contributed by atoms with E-state index < -0.39 is 16.1 Å². The Morgan fingerprint density at radius 3 is 1.50 bits per heavy atom. The van der Waals surface area contributed by atoms with E-state index in [1.165, 1.54) is 77.6 Å². The molecule has 9 aromatic rings. The van der Waals surface area contributed by atoms with E-state index in [9.17, 15) is 0 Å². The van der Waals surface area contributed by atoms with Crippen LogP contribution in [0.3, 0.4) is 0 Å². The highest BCUT2D eigenvalue weighted by atomic mass is 28.4. The van der Waals surface area contributed by atoms with E-state index in [0.29, 0.717) is 0 Å². The van der Waals surface area contributed by atoms with E-state index in [1.807, 2.05) is 0 Å². The molecule has 0 spiro atoms. The molecule has 4 heteroatoms. The maximum absolute atomic E-state index is 2.65. The molecule has 0 amide bonds. The number of para-hydroxylation sites is 3. The summed E-state index contributed by atoms with van der Waals surface area (Å²) in [6.07, 6.45) is 0. The van der Waals surface area contributed by atoms with Crippen molar-refractivity contribution in [2.24, 2.45) is 0 Å². The molecule has 9 aromatic carbocycles. The lowest BCUT2D eigenvalue weighted by atomic mass is 9.82. The lowest BCUT2D eigenvalue weighted by Crippen LogP contribution is -2.63. The van der Waals surface area contributed by atoms with Crippen LogP contribution >= 0.6 is 0 Å². The highest BCUT2D eigenvalue weighted by molar-refractivity contribution is 7.00.